The molecule has 0 bridgehead atoms. The van der Waals surface area contributed by atoms with Crippen LogP contribution in [0.25, 0.3) is 0 Å². The lowest BCUT2D eigenvalue weighted by atomic mass is 10.1. The molecule has 18 heavy (non-hydrogen) atoms. The first kappa shape index (κ1) is 14.7. The van der Waals surface area contributed by atoms with Crippen LogP contribution in [0.15, 0.2) is 22.7 Å². The second kappa shape index (κ2) is 4.71. The Kier molecular flexibility index (Phi) is 3.84. The number of halogens is 6. The van der Waals surface area contributed by atoms with Crippen molar-refractivity contribution in [1.29, 1.82) is 0 Å². The Morgan fingerprint density at radius 2 is 1.78 bits per heavy atom. The first-order valence-corrected chi connectivity index (χ1v) is 5.00. The van der Waals surface area contributed by atoms with Crippen LogP contribution in [-0.4, -0.2) is 17.4 Å². The molecule has 0 heterocycles. The van der Waals surface area contributed by atoms with E-state index in [1.807, 2.05) is 0 Å². The summed E-state index contributed by atoms with van der Waals surface area (Å²) in [5.41, 5.74) is -0.962. The van der Waals surface area contributed by atoms with Crippen molar-refractivity contribution < 1.29 is 36.6 Å². The normalized spacial score (nSPS) is 12.3. The van der Waals surface area contributed by atoms with Gasteiger partial charge in [-0.2, -0.15) is 8.78 Å². The molecule has 0 unspecified atom stereocenters. The minimum atomic E-state index is -4.97. The van der Waals surface area contributed by atoms with Crippen LogP contribution in [0.1, 0.15) is 5.56 Å². The van der Waals surface area contributed by atoms with Crippen molar-refractivity contribution in [3.05, 3.63) is 28.2 Å². The number of aliphatic carboxylic acids is 1. The average Bonchev–Trinajstić information content (AvgIpc) is 2.18. The zero-order valence-corrected chi connectivity index (χ0v) is 9.85. The van der Waals surface area contributed by atoms with Crippen LogP contribution >= 0.6 is 15.9 Å². The summed E-state index contributed by atoms with van der Waals surface area (Å²) in [6, 6.07) is 1.69. The smallest absolute Gasteiger partial charge is 0.477 e. The molecule has 0 spiro atoms. The summed E-state index contributed by atoms with van der Waals surface area (Å²) in [5.74, 6) is -7.34. The maximum absolute atomic E-state index is 13.0. The highest BCUT2D eigenvalue weighted by Gasteiger charge is 2.41. The van der Waals surface area contributed by atoms with E-state index in [0.717, 1.165) is 0 Å². The zero-order valence-electron chi connectivity index (χ0n) is 8.26. The van der Waals surface area contributed by atoms with Crippen molar-refractivity contribution in [3.8, 4) is 5.75 Å². The molecule has 0 amide bonds. The fraction of sp³-hybridized carbons (Fsp3) is 0.222. The molecule has 0 radical (unpaired) electrons. The van der Waals surface area contributed by atoms with Gasteiger partial charge in [0.15, 0.2) is 0 Å². The van der Waals surface area contributed by atoms with Gasteiger partial charge in [0, 0.05) is 5.56 Å². The third-order valence-electron chi connectivity index (χ3n) is 1.79. The van der Waals surface area contributed by atoms with Gasteiger partial charge in [0.2, 0.25) is 0 Å². The van der Waals surface area contributed by atoms with Crippen molar-refractivity contribution in [2.75, 3.05) is 0 Å². The Morgan fingerprint density at radius 1 is 1.22 bits per heavy atom. The summed E-state index contributed by atoms with van der Waals surface area (Å²) in [5, 5.41) is 8.26. The van der Waals surface area contributed by atoms with Crippen LogP contribution in [0, 0.1) is 0 Å². The van der Waals surface area contributed by atoms with Crippen molar-refractivity contribution >= 4 is 21.9 Å². The van der Waals surface area contributed by atoms with Gasteiger partial charge in [-0.05, 0) is 34.1 Å². The van der Waals surface area contributed by atoms with Crippen LogP contribution in [0.4, 0.5) is 22.0 Å². The SMILES string of the molecule is O=C(O)C(F)(F)c1ccc(OC(F)(F)F)c(Br)c1. The predicted octanol–water partition coefficient (Wildman–Crippen LogP) is 3.52. The van der Waals surface area contributed by atoms with Crippen LogP contribution in [0.5, 0.6) is 5.75 Å². The second-order valence-electron chi connectivity index (χ2n) is 3.07. The monoisotopic (exact) mass is 334 g/mol. The Balaban J connectivity index is 3.11. The van der Waals surface area contributed by atoms with E-state index in [1.165, 1.54) is 0 Å². The van der Waals surface area contributed by atoms with E-state index in [2.05, 4.69) is 20.7 Å². The van der Waals surface area contributed by atoms with Crippen molar-refractivity contribution in [1.82, 2.24) is 0 Å². The summed E-state index contributed by atoms with van der Waals surface area (Å²) >= 11 is 2.59. The number of hydrogen-bond donors (Lipinski definition) is 1. The van der Waals surface area contributed by atoms with Crippen LogP contribution in [0.2, 0.25) is 0 Å². The largest absolute Gasteiger partial charge is 0.573 e. The lowest BCUT2D eigenvalue weighted by molar-refractivity contribution is -0.274. The molecule has 1 aromatic carbocycles. The lowest BCUT2D eigenvalue weighted by Gasteiger charge is -2.14. The second-order valence-corrected chi connectivity index (χ2v) is 3.93. The van der Waals surface area contributed by atoms with E-state index in [-0.39, 0.29) is 0 Å². The van der Waals surface area contributed by atoms with Gasteiger partial charge in [-0.1, -0.05) is 0 Å². The van der Waals surface area contributed by atoms with Gasteiger partial charge in [0.1, 0.15) is 5.75 Å². The summed E-state index contributed by atoms with van der Waals surface area (Å²) in [6.07, 6.45) is -4.97. The molecule has 1 aromatic rings. The van der Waals surface area contributed by atoms with E-state index in [4.69, 9.17) is 5.11 Å². The molecule has 0 saturated carbocycles. The highest BCUT2D eigenvalue weighted by atomic mass is 79.9. The van der Waals surface area contributed by atoms with E-state index >= 15 is 0 Å². The summed E-state index contributed by atoms with van der Waals surface area (Å²) in [6.45, 7) is 0. The van der Waals surface area contributed by atoms with Crippen molar-refractivity contribution in [2.24, 2.45) is 0 Å². The van der Waals surface area contributed by atoms with Gasteiger partial charge >= 0.3 is 18.3 Å². The van der Waals surface area contributed by atoms with Gasteiger partial charge in [-0.15, -0.1) is 13.2 Å². The number of carbonyl (C=O) groups is 1. The van der Waals surface area contributed by atoms with E-state index in [1.54, 1.807) is 0 Å². The number of hydrogen-bond acceptors (Lipinski definition) is 2. The Hall–Kier alpha value is -1.38. The van der Waals surface area contributed by atoms with Gasteiger partial charge in [0.05, 0.1) is 4.47 Å². The number of rotatable bonds is 3. The third-order valence-corrected chi connectivity index (χ3v) is 2.41. The molecule has 0 fully saturated rings. The van der Waals surface area contributed by atoms with Crippen LogP contribution < -0.4 is 4.74 Å². The van der Waals surface area contributed by atoms with Crippen molar-refractivity contribution in [2.45, 2.75) is 12.3 Å². The zero-order chi connectivity index (χ0) is 14.1. The number of carboxylic acids is 1. The quantitative estimate of drug-likeness (QED) is 0.860. The Bertz CT molecular complexity index is 472. The summed E-state index contributed by atoms with van der Waals surface area (Å²) in [4.78, 5) is 10.3. The molecule has 1 N–H and O–H groups in total. The third kappa shape index (κ3) is 3.31. The molecule has 0 aliphatic heterocycles. The lowest BCUT2D eigenvalue weighted by Crippen LogP contribution is -2.25. The molecule has 9 heteroatoms. The fourth-order valence-electron chi connectivity index (χ4n) is 1.03. The maximum atomic E-state index is 13.0. The predicted molar refractivity (Wildman–Crippen MR) is 52.4 cm³/mol. The van der Waals surface area contributed by atoms with E-state index in [9.17, 15) is 26.7 Å². The summed E-state index contributed by atoms with van der Waals surface area (Å²) < 4.78 is 64.9. The molecular weight excluding hydrogens is 331 g/mol. The minimum absolute atomic E-state index is 0.432. The minimum Gasteiger partial charge on any atom is -0.477 e. The van der Waals surface area contributed by atoms with Crippen LogP contribution in [0.3, 0.4) is 0 Å². The summed E-state index contributed by atoms with van der Waals surface area (Å²) in [7, 11) is 0. The molecular formula is C9H4BrF5O3. The van der Waals surface area contributed by atoms with Gasteiger partial charge in [-0.25, -0.2) is 4.79 Å². The van der Waals surface area contributed by atoms with Gasteiger partial charge in [-0.3, -0.25) is 0 Å². The highest BCUT2D eigenvalue weighted by Crippen LogP contribution is 2.36. The van der Waals surface area contributed by atoms with E-state index < -0.39 is 34.0 Å². The molecule has 1 rings (SSSR count). The molecule has 0 aliphatic rings. The van der Waals surface area contributed by atoms with Crippen LogP contribution in [-0.2, 0) is 10.7 Å². The van der Waals surface area contributed by atoms with Crippen molar-refractivity contribution in [3.63, 3.8) is 0 Å². The molecule has 0 aromatic heterocycles. The Morgan fingerprint density at radius 3 is 2.17 bits per heavy atom. The first-order valence-electron chi connectivity index (χ1n) is 4.21. The molecule has 0 atom stereocenters. The number of ether oxygens (including phenoxy) is 1. The van der Waals surface area contributed by atoms with E-state index in [0.29, 0.717) is 18.2 Å². The first-order chi connectivity index (χ1) is 8.04. The molecule has 0 aliphatic carbocycles. The average molecular weight is 335 g/mol. The number of benzene rings is 1. The maximum Gasteiger partial charge on any atom is 0.573 e. The number of carboxylic acid groups (broad SMARTS) is 1. The topological polar surface area (TPSA) is 46.5 Å². The standard InChI is InChI=1S/C9H4BrF5O3/c10-5-3-4(8(11,12)7(16)17)1-2-6(5)18-9(13,14)15/h1-3H,(H,16,17). The van der Waals surface area contributed by atoms with Gasteiger partial charge < -0.3 is 9.84 Å². The fourth-order valence-corrected chi connectivity index (χ4v) is 1.49. The Labute approximate surface area is 105 Å². The molecule has 100 valence electrons. The number of alkyl halides is 5. The highest BCUT2D eigenvalue weighted by molar-refractivity contribution is 9.10. The van der Waals surface area contributed by atoms with Gasteiger partial charge in [0.25, 0.3) is 0 Å². The molecule has 3 nitrogen and oxygen atoms in total. The molecule has 0 saturated heterocycles.